The predicted molar refractivity (Wildman–Crippen MR) is 64.5 cm³/mol. The van der Waals surface area contributed by atoms with Crippen LogP contribution in [0.5, 0.6) is 0 Å². The molecule has 2 nitrogen and oxygen atoms in total. The molecule has 0 spiro atoms. The second-order valence-corrected chi connectivity index (χ2v) is 4.04. The zero-order valence-electron chi connectivity index (χ0n) is 8.89. The van der Waals surface area contributed by atoms with Crippen molar-refractivity contribution in [1.29, 1.82) is 0 Å². The zero-order chi connectivity index (χ0) is 11.5. The molecule has 0 aliphatic heterocycles. The van der Waals surface area contributed by atoms with E-state index in [0.29, 0.717) is 16.3 Å². The molecule has 1 aromatic heterocycles. The maximum atomic E-state index is 10.2. The molecule has 16 heavy (non-hydrogen) atoms. The second-order valence-electron chi connectivity index (χ2n) is 3.63. The first-order chi connectivity index (χ1) is 7.68. The number of pyridine rings is 1. The summed E-state index contributed by atoms with van der Waals surface area (Å²) in [6.45, 7) is 1.89. The van der Waals surface area contributed by atoms with Gasteiger partial charge < -0.3 is 5.11 Å². The van der Waals surface area contributed by atoms with Crippen molar-refractivity contribution in [2.75, 3.05) is 0 Å². The van der Waals surface area contributed by atoms with E-state index in [1.807, 2.05) is 31.2 Å². The number of aliphatic hydroxyl groups is 1. The zero-order valence-corrected chi connectivity index (χ0v) is 9.65. The van der Waals surface area contributed by atoms with Gasteiger partial charge in [-0.25, -0.2) is 0 Å². The van der Waals surface area contributed by atoms with Crippen molar-refractivity contribution in [3.8, 4) is 0 Å². The molecule has 1 unspecified atom stereocenters. The van der Waals surface area contributed by atoms with Gasteiger partial charge >= 0.3 is 0 Å². The van der Waals surface area contributed by atoms with Crippen LogP contribution in [0, 0.1) is 6.92 Å². The highest BCUT2D eigenvalue weighted by Crippen LogP contribution is 2.26. The molecule has 1 N–H and O–H groups in total. The Morgan fingerprint density at radius 1 is 1.12 bits per heavy atom. The van der Waals surface area contributed by atoms with E-state index in [-0.39, 0.29) is 0 Å². The molecule has 0 radical (unpaired) electrons. The number of aliphatic hydroxyl groups excluding tert-OH is 1. The fourth-order valence-corrected chi connectivity index (χ4v) is 1.81. The topological polar surface area (TPSA) is 33.1 Å². The summed E-state index contributed by atoms with van der Waals surface area (Å²) in [6, 6.07) is 12.8. The number of nitrogens with zero attached hydrogens (tertiary/aromatic N) is 1. The van der Waals surface area contributed by atoms with Crippen LogP contribution in [0.25, 0.3) is 0 Å². The first kappa shape index (κ1) is 11.1. The van der Waals surface area contributed by atoms with Crippen molar-refractivity contribution in [3.63, 3.8) is 0 Å². The third kappa shape index (κ3) is 2.23. The summed E-state index contributed by atoms with van der Waals surface area (Å²) in [5.41, 5.74) is 2.18. The quantitative estimate of drug-likeness (QED) is 0.865. The van der Waals surface area contributed by atoms with E-state index < -0.39 is 6.10 Å². The SMILES string of the molecule is Cc1cccc(C(O)c2ccccc2Cl)n1. The molecule has 0 fully saturated rings. The molecule has 82 valence electrons. The monoisotopic (exact) mass is 233 g/mol. The Balaban J connectivity index is 2.39. The lowest BCUT2D eigenvalue weighted by atomic mass is 10.1. The first-order valence-electron chi connectivity index (χ1n) is 5.04. The number of aromatic nitrogens is 1. The molecular formula is C13H12ClNO. The Kier molecular flexibility index (Phi) is 3.22. The molecule has 0 bridgehead atoms. The van der Waals surface area contributed by atoms with Gasteiger partial charge in [0.2, 0.25) is 0 Å². The van der Waals surface area contributed by atoms with Gasteiger partial charge in [-0.3, -0.25) is 4.98 Å². The van der Waals surface area contributed by atoms with E-state index >= 15 is 0 Å². The number of aryl methyl sites for hydroxylation is 1. The summed E-state index contributed by atoms with van der Waals surface area (Å²) in [4.78, 5) is 4.28. The Bertz CT molecular complexity index is 499. The van der Waals surface area contributed by atoms with Gasteiger partial charge in [0.1, 0.15) is 6.10 Å². The highest BCUT2D eigenvalue weighted by molar-refractivity contribution is 6.31. The van der Waals surface area contributed by atoms with Crippen LogP contribution in [-0.2, 0) is 0 Å². The Morgan fingerprint density at radius 3 is 2.56 bits per heavy atom. The molecular weight excluding hydrogens is 222 g/mol. The molecule has 3 heteroatoms. The van der Waals surface area contributed by atoms with Crippen molar-refractivity contribution in [2.24, 2.45) is 0 Å². The molecule has 1 atom stereocenters. The fourth-order valence-electron chi connectivity index (χ4n) is 1.57. The lowest BCUT2D eigenvalue weighted by Crippen LogP contribution is -2.03. The van der Waals surface area contributed by atoms with Gasteiger partial charge in [0.05, 0.1) is 5.69 Å². The van der Waals surface area contributed by atoms with Gasteiger partial charge in [0.25, 0.3) is 0 Å². The average Bonchev–Trinajstić information content (AvgIpc) is 2.29. The summed E-state index contributed by atoms with van der Waals surface area (Å²) in [6.07, 6.45) is -0.770. The van der Waals surface area contributed by atoms with Crippen LogP contribution in [0.3, 0.4) is 0 Å². The molecule has 2 rings (SSSR count). The van der Waals surface area contributed by atoms with Crippen LogP contribution >= 0.6 is 11.6 Å². The predicted octanol–water partition coefficient (Wildman–Crippen LogP) is 3.13. The van der Waals surface area contributed by atoms with Crippen molar-refractivity contribution < 1.29 is 5.11 Å². The van der Waals surface area contributed by atoms with E-state index in [1.165, 1.54) is 0 Å². The summed E-state index contributed by atoms with van der Waals surface area (Å²) in [5, 5.41) is 10.7. The van der Waals surface area contributed by atoms with Gasteiger partial charge in [-0.1, -0.05) is 35.9 Å². The van der Waals surface area contributed by atoms with Crippen LogP contribution in [0.1, 0.15) is 23.1 Å². The maximum absolute atomic E-state index is 10.2. The third-order valence-corrected chi connectivity index (χ3v) is 2.73. The summed E-state index contributed by atoms with van der Waals surface area (Å²) >= 11 is 6.02. The van der Waals surface area contributed by atoms with Gasteiger partial charge in [0.15, 0.2) is 0 Å². The smallest absolute Gasteiger partial charge is 0.122 e. The number of hydrogen-bond acceptors (Lipinski definition) is 2. The summed E-state index contributed by atoms with van der Waals surface area (Å²) < 4.78 is 0. The van der Waals surface area contributed by atoms with Crippen LogP contribution in [0.15, 0.2) is 42.5 Å². The molecule has 1 aromatic carbocycles. The van der Waals surface area contributed by atoms with Crippen molar-refractivity contribution in [3.05, 3.63) is 64.4 Å². The van der Waals surface area contributed by atoms with Crippen LogP contribution in [0.4, 0.5) is 0 Å². The molecule has 0 amide bonds. The Labute approximate surface area is 99.5 Å². The molecule has 2 aromatic rings. The van der Waals surface area contributed by atoms with E-state index in [0.717, 1.165) is 5.69 Å². The van der Waals surface area contributed by atoms with Crippen molar-refractivity contribution in [1.82, 2.24) is 4.98 Å². The summed E-state index contributed by atoms with van der Waals surface area (Å²) in [7, 11) is 0. The van der Waals surface area contributed by atoms with Crippen LogP contribution in [0.2, 0.25) is 5.02 Å². The molecule has 0 aliphatic carbocycles. The van der Waals surface area contributed by atoms with Gasteiger partial charge in [-0.15, -0.1) is 0 Å². The van der Waals surface area contributed by atoms with Crippen LogP contribution in [-0.4, -0.2) is 10.1 Å². The van der Waals surface area contributed by atoms with E-state index in [1.54, 1.807) is 18.2 Å². The average molecular weight is 234 g/mol. The van der Waals surface area contributed by atoms with Gasteiger partial charge in [-0.2, -0.15) is 0 Å². The van der Waals surface area contributed by atoms with E-state index in [2.05, 4.69) is 4.98 Å². The normalized spacial score (nSPS) is 12.4. The van der Waals surface area contributed by atoms with Crippen molar-refractivity contribution >= 4 is 11.6 Å². The largest absolute Gasteiger partial charge is 0.382 e. The third-order valence-electron chi connectivity index (χ3n) is 2.39. The van der Waals surface area contributed by atoms with E-state index in [4.69, 9.17) is 11.6 Å². The van der Waals surface area contributed by atoms with Crippen LogP contribution < -0.4 is 0 Å². The fraction of sp³-hybridized carbons (Fsp3) is 0.154. The Morgan fingerprint density at radius 2 is 1.88 bits per heavy atom. The molecule has 1 heterocycles. The van der Waals surface area contributed by atoms with Gasteiger partial charge in [-0.05, 0) is 25.1 Å². The standard InChI is InChI=1S/C13H12ClNO/c1-9-5-4-8-12(15-9)13(16)10-6-2-3-7-11(10)14/h2-8,13,16H,1H3. The lowest BCUT2D eigenvalue weighted by Gasteiger charge is -2.12. The number of halogens is 1. The summed E-state index contributed by atoms with van der Waals surface area (Å²) in [5.74, 6) is 0. The molecule has 0 saturated heterocycles. The van der Waals surface area contributed by atoms with Gasteiger partial charge in [0, 0.05) is 16.3 Å². The highest BCUT2D eigenvalue weighted by atomic mass is 35.5. The Hall–Kier alpha value is -1.38. The number of hydrogen-bond donors (Lipinski definition) is 1. The molecule has 0 aliphatic rings. The van der Waals surface area contributed by atoms with Crippen molar-refractivity contribution in [2.45, 2.75) is 13.0 Å². The first-order valence-corrected chi connectivity index (χ1v) is 5.42. The maximum Gasteiger partial charge on any atom is 0.122 e. The second kappa shape index (κ2) is 4.64. The minimum absolute atomic E-state index is 0.554. The molecule has 0 saturated carbocycles. The highest BCUT2D eigenvalue weighted by Gasteiger charge is 2.14. The minimum atomic E-state index is -0.770. The minimum Gasteiger partial charge on any atom is -0.382 e. The number of benzene rings is 1. The lowest BCUT2D eigenvalue weighted by molar-refractivity contribution is 0.215. The van der Waals surface area contributed by atoms with E-state index in [9.17, 15) is 5.11 Å². The number of rotatable bonds is 2.